The van der Waals surface area contributed by atoms with E-state index in [-0.39, 0.29) is 28.5 Å². The molecule has 1 N–H and O–H groups in total. The molecule has 1 saturated heterocycles. The van der Waals surface area contributed by atoms with E-state index in [1.54, 1.807) is 0 Å². The zero-order valence-electron chi connectivity index (χ0n) is 15.7. The maximum Gasteiger partial charge on any atom is 0.243 e. The highest BCUT2D eigenvalue weighted by Crippen LogP contribution is 2.24. The zero-order chi connectivity index (χ0) is 19.3. The molecular formula is C19H28N2O4S. The minimum absolute atomic E-state index is 0.0292. The molecule has 0 aliphatic carbocycles. The third-order valence-electron chi connectivity index (χ3n) is 5.06. The Balaban J connectivity index is 1.99. The summed E-state index contributed by atoms with van der Waals surface area (Å²) in [5.41, 5.74) is 0.487. The topological polar surface area (TPSA) is 83.6 Å². The van der Waals surface area contributed by atoms with Crippen molar-refractivity contribution in [2.75, 3.05) is 13.1 Å². The van der Waals surface area contributed by atoms with Crippen LogP contribution in [0.2, 0.25) is 0 Å². The fourth-order valence-electron chi connectivity index (χ4n) is 3.18. The quantitative estimate of drug-likeness (QED) is 0.737. The Labute approximate surface area is 156 Å². The zero-order valence-corrected chi connectivity index (χ0v) is 16.5. The molecule has 0 spiro atoms. The standard InChI is InChI=1S/C19H28N2O4S/c1-4-17(5-2)20-19(23)16-10-12-21(13-11-16)26(24,25)18-8-6-15(7-9-18)14(3)22/h6-9,16-17H,4-5,10-13H2,1-3H3,(H,20,23). The molecule has 0 bridgehead atoms. The maximum absolute atomic E-state index is 12.8. The summed E-state index contributed by atoms with van der Waals surface area (Å²) >= 11 is 0. The van der Waals surface area contributed by atoms with E-state index in [0.717, 1.165) is 12.8 Å². The highest BCUT2D eigenvalue weighted by atomic mass is 32.2. The number of sulfonamides is 1. The Morgan fingerprint density at radius 1 is 1.12 bits per heavy atom. The molecule has 1 heterocycles. The van der Waals surface area contributed by atoms with E-state index in [2.05, 4.69) is 5.32 Å². The van der Waals surface area contributed by atoms with Crippen LogP contribution in [0.1, 0.15) is 56.8 Å². The fourth-order valence-corrected chi connectivity index (χ4v) is 4.65. The molecule has 0 radical (unpaired) electrons. The van der Waals surface area contributed by atoms with Crippen molar-refractivity contribution < 1.29 is 18.0 Å². The Morgan fingerprint density at radius 3 is 2.12 bits per heavy atom. The number of benzene rings is 1. The Morgan fingerprint density at radius 2 is 1.65 bits per heavy atom. The molecule has 7 heteroatoms. The van der Waals surface area contributed by atoms with Crippen LogP contribution in [0.15, 0.2) is 29.2 Å². The van der Waals surface area contributed by atoms with Crippen molar-refractivity contribution >= 4 is 21.7 Å². The predicted molar refractivity (Wildman–Crippen MR) is 100 cm³/mol. The molecule has 1 aliphatic heterocycles. The van der Waals surface area contributed by atoms with Crippen LogP contribution in [-0.4, -0.2) is 43.5 Å². The molecule has 1 aliphatic rings. The molecule has 1 amide bonds. The molecule has 0 unspecified atom stereocenters. The molecule has 144 valence electrons. The van der Waals surface area contributed by atoms with Crippen LogP contribution in [-0.2, 0) is 14.8 Å². The molecule has 0 atom stereocenters. The number of ketones is 1. The lowest BCUT2D eigenvalue weighted by atomic mass is 9.96. The molecule has 1 fully saturated rings. The van der Waals surface area contributed by atoms with Crippen molar-refractivity contribution in [1.82, 2.24) is 9.62 Å². The lowest BCUT2D eigenvalue weighted by molar-refractivity contribution is -0.126. The number of hydrogen-bond donors (Lipinski definition) is 1. The van der Waals surface area contributed by atoms with Crippen molar-refractivity contribution in [1.29, 1.82) is 0 Å². The Bertz CT molecular complexity index is 731. The number of piperidine rings is 1. The van der Waals surface area contributed by atoms with Crippen molar-refractivity contribution in [3.63, 3.8) is 0 Å². The number of carbonyl (C=O) groups excluding carboxylic acids is 2. The third-order valence-corrected chi connectivity index (χ3v) is 6.97. The van der Waals surface area contributed by atoms with E-state index in [1.165, 1.54) is 35.5 Å². The van der Waals surface area contributed by atoms with Gasteiger partial charge >= 0.3 is 0 Å². The number of nitrogens with zero attached hydrogens (tertiary/aromatic N) is 1. The minimum Gasteiger partial charge on any atom is -0.353 e. The van der Waals surface area contributed by atoms with E-state index >= 15 is 0 Å². The van der Waals surface area contributed by atoms with Gasteiger partial charge in [0.25, 0.3) is 0 Å². The first-order chi connectivity index (χ1) is 12.3. The van der Waals surface area contributed by atoms with Gasteiger partial charge in [-0.25, -0.2) is 8.42 Å². The molecule has 0 saturated carbocycles. The molecule has 1 aromatic rings. The largest absolute Gasteiger partial charge is 0.353 e. The molecular weight excluding hydrogens is 352 g/mol. The number of rotatable bonds is 7. The average molecular weight is 381 g/mol. The second-order valence-corrected chi connectivity index (χ2v) is 8.72. The van der Waals surface area contributed by atoms with Gasteiger partial charge in [0.1, 0.15) is 0 Å². The normalized spacial score (nSPS) is 16.6. The fraction of sp³-hybridized carbons (Fsp3) is 0.579. The van der Waals surface area contributed by atoms with E-state index < -0.39 is 10.0 Å². The van der Waals surface area contributed by atoms with Crippen molar-refractivity contribution in [3.8, 4) is 0 Å². The minimum atomic E-state index is -3.60. The van der Waals surface area contributed by atoms with Gasteiger partial charge in [0, 0.05) is 30.6 Å². The summed E-state index contributed by atoms with van der Waals surface area (Å²) in [7, 11) is -3.60. The van der Waals surface area contributed by atoms with E-state index in [4.69, 9.17) is 0 Å². The van der Waals surface area contributed by atoms with Gasteiger partial charge < -0.3 is 5.32 Å². The van der Waals surface area contributed by atoms with Gasteiger partial charge in [-0.3, -0.25) is 9.59 Å². The van der Waals surface area contributed by atoms with Crippen molar-refractivity contribution in [3.05, 3.63) is 29.8 Å². The first kappa shape index (κ1) is 20.6. The summed E-state index contributed by atoms with van der Waals surface area (Å²) in [5, 5.41) is 3.05. The number of hydrogen-bond acceptors (Lipinski definition) is 4. The number of amides is 1. The number of nitrogens with one attached hydrogen (secondary N) is 1. The summed E-state index contributed by atoms with van der Waals surface area (Å²) in [6.45, 7) is 6.19. The monoisotopic (exact) mass is 380 g/mol. The van der Waals surface area contributed by atoms with Gasteiger partial charge in [-0.1, -0.05) is 26.0 Å². The lowest BCUT2D eigenvalue weighted by Crippen LogP contribution is -2.45. The molecule has 26 heavy (non-hydrogen) atoms. The van der Waals surface area contributed by atoms with Gasteiger partial charge in [0.05, 0.1) is 4.90 Å². The summed E-state index contributed by atoms with van der Waals surface area (Å²) in [4.78, 5) is 23.9. The van der Waals surface area contributed by atoms with Crippen LogP contribution < -0.4 is 5.32 Å². The van der Waals surface area contributed by atoms with Crippen LogP contribution in [0.25, 0.3) is 0 Å². The first-order valence-electron chi connectivity index (χ1n) is 9.21. The van der Waals surface area contributed by atoms with Crippen molar-refractivity contribution in [2.45, 2.75) is 57.4 Å². The summed E-state index contributed by atoms with van der Waals surface area (Å²) in [6, 6.07) is 6.19. The summed E-state index contributed by atoms with van der Waals surface area (Å²) in [5.74, 6) is -0.207. The summed E-state index contributed by atoms with van der Waals surface area (Å²) < 4.78 is 26.9. The average Bonchev–Trinajstić information content (AvgIpc) is 2.66. The predicted octanol–water partition coefficient (Wildman–Crippen LogP) is 2.59. The van der Waals surface area contributed by atoms with E-state index in [1.807, 2.05) is 13.8 Å². The summed E-state index contributed by atoms with van der Waals surface area (Å²) in [6.07, 6.45) is 2.84. The lowest BCUT2D eigenvalue weighted by Gasteiger charge is -2.31. The molecule has 2 rings (SSSR count). The van der Waals surface area contributed by atoms with Crippen LogP contribution in [0.4, 0.5) is 0 Å². The second-order valence-electron chi connectivity index (χ2n) is 6.78. The van der Waals surface area contributed by atoms with Gasteiger partial charge in [-0.05, 0) is 44.7 Å². The highest BCUT2D eigenvalue weighted by Gasteiger charge is 2.32. The van der Waals surface area contributed by atoms with E-state index in [9.17, 15) is 18.0 Å². The number of carbonyl (C=O) groups is 2. The third kappa shape index (κ3) is 4.71. The highest BCUT2D eigenvalue weighted by molar-refractivity contribution is 7.89. The first-order valence-corrected chi connectivity index (χ1v) is 10.6. The van der Waals surface area contributed by atoms with Gasteiger partial charge in [0.15, 0.2) is 5.78 Å². The van der Waals surface area contributed by atoms with E-state index in [0.29, 0.717) is 31.5 Å². The van der Waals surface area contributed by atoms with Crippen LogP contribution in [0.5, 0.6) is 0 Å². The molecule has 0 aromatic heterocycles. The SMILES string of the molecule is CCC(CC)NC(=O)C1CCN(S(=O)(=O)c2ccc(C(C)=O)cc2)CC1. The smallest absolute Gasteiger partial charge is 0.243 e. The van der Waals surface area contributed by atoms with Crippen LogP contribution in [0.3, 0.4) is 0 Å². The Kier molecular flexibility index (Phi) is 6.94. The van der Waals surface area contributed by atoms with Crippen molar-refractivity contribution in [2.24, 2.45) is 5.92 Å². The van der Waals surface area contributed by atoms with Gasteiger partial charge in [-0.15, -0.1) is 0 Å². The van der Waals surface area contributed by atoms with Gasteiger partial charge in [0.2, 0.25) is 15.9 Å². The maximum atomic E-state index is 12.8. The van der Waals surface area contributed by atoms with Gasteiger partial charge in [-0.2, -0.15) is 4.31 Å². The second kappa shape index (κ2) is 8.77. The Hall–Kier alpha value is -1.73. The van der Waals surface area contributed by atoms with Crippen LogP contribution in [0, 0.1) is 5.92 Å². The van der Waals surface area contributed by atoms with Crippen LogP contribution >= 0.6 is 0 Å². The molecule has 6 nitrogen and oxygen atoms in total. The molecule has 1 aromatic carbocycles. The number of Topliss-reactive ketones (excluding diaryl/α,β-unsaturated/α-hetero) is 1.